The van der Waals surface area contributed by atoms with Crippen LogP contribution in [0.15, 0.2) is 48.0 Å². The van der Waals surface area contributed by atoms with Gasteiger partial charge in [0.15, 0.2) is 0 Å². The van der Waals surface area contributed by atoms with Gasteiger partial charge in [0.05, 0.1) is 17.7 Å². The number of fused-ring (bicyclic) bond motifs is 1. The van der Waals surface area contributed by atoms with Gasteiger partial charge in [0.25, 0.3) is 11.7 Å². The predicted molar refractivity (Wildman–Crippen MR) is 138 cm³/mol. The lowest BCUT2D eigenvalue weighted by atomic mass is 9.93. The Morgan fingerprint density at radius 1 is 1.14 bits per heavy atom. The maximum Gasteiger partial charge on any atom is 0.295 e. The Morgan fingerprint density at radius 3 is 2.51 bits per heavy atom. The molecule has 0 bridgehead atoms. The molecule has 0 aliphatic carbocycles. The molecule has 1 fully saturated rings. The second-order valence-electron chi connectivity index (χ2n) is 9.65. The number of ketones is 1. The summed E-state index contributed by atoms with van der Waals surface area (Å²) in [7, 11) is 3.85. The molecule has 4 rings (SSSR count). The minimum absolute atomic E-state index is 0.0139. The number of nitrogens with zero attached hydrogens (tertiary/aromatic N) is 2. The molecule has 1 aliphatic rings. The fraction of sp³-hybridized carbons (Fsp3) is 0.357. The van der Waals surface area contributed by atoms with Crippen LogP contribution in [0.1, 0.15) is 42.3 Å². The molecule has 35 heavy (non-hydrogen) atoms. The van der Waals surface area contributed by atoms with E-state index < -0.39 is 17.7 Å². The zero-order valence-corrected chi connectivity index (χ0v) is 21.2. The maximum absolute atomic E-state index is 13.4. The Bertz CT molecular complexity index is 1320. The molecule has 0 radical (unpaired) electrons. The third kappa shape index (κ3) is 4.56. The maximum atomic E-state index is 13.4. The number of rotatable bonds is 7. The van der Waals surface area contributed by atoms with Gasteiger partial charge in [0, 0.05) is 40.8 Å². The van der Waals surface area contributed by atoms with Crippen molar-refractivity contribution in [3.8, 4) is 5.75 Å². The van der Waals surface area contributed by atoms with E-state index >= 15 is 0 Å². The van der Waals surface area contributed by atoms with Gasteiger partial charge in [-0.2, -0.15) is 0 Å². The summed E-state index contributed by atoms with van der Waals surface area (Å²) in [6.07, 6.45) is 0.0139. The molecular formula is C28H33N3O4. The number of aliphatic hydroxyl groups excluding tert-OH is 1. The lowest BCUT2D eigenvalue weighted by Crippen LogP contribution is -2.35. The van der Waals surface area contributed by atoms with Gasteiger partial charge >= 0.3 is 0 Å². The van der Waals surface area contributed by atoms with Gasteiger partial charge in [0.2, 0.25) is 0 Å². The summed E-state index contributed by atoms with van der Waals surface area (Å²) in [4.78, 5) is 33.5. The number of hydrogen-bond acceptors (Lipinski definition) is 5. The quantitative estimate of drug-likeness (QED) is 0.297. The molecule has 1 unspecified atom stereocenters. The van der Waals surface area contributed by atoms with Gasteiger partial charge in [0.1, 0.15) is 11.5 Å². The highest BCUT2D eigenvalue weighted by atomic mass is 16.5. The van der Waals surface area contributed by atoms with Crippen LogP contribution in [0.5, 0.6) is 5.75 Å². The van der Waals surface area contributed by atoms with Crippen molar-refractivity contribution in [3.63, 3.8) is 0 Å². The Kier molecular flexibility index (Phi) is 6.72. The topological polar surface area (TPSA) is 85.9 Å². The largest absolute Gasteiger partial charge is 0.507 e. The number of aromatic amines is 1. The fourth-order valence-corrected chi connectivity index (χ4v) is 4.71. The Hall–Kier alpha value is -3.58. The molecule has 1 atom stereocenters. The highest BCUT2D eigenvalue weighted by Crippen LogP contribution is 2.43. The number of aliphatic hydroxyl groups is 1. The zero-order valence-electron chi connectivity index (χ0n) is 21.2. The molecule has 2 aromatic carbocycles. The van der Waals surface area contributed by atoms with E-state index in [1.165, 1.54) is 0 Å². The number of Topliss-reactive ketones (excluding diaryl/α,β-unsaturated/α-hetero) is 1. The summed E-state index contributed by atoms with van der Waals surface area (Å²) in [5, 5.41) is 12.4. The third-order valence-electron chi connectivity index (χ3n) is 6.36. The molecule has 2 N–H and O–H groups in total. The van der Waals surface area contributed by atoms with Crippen molar-refractivity contribution in [3.05, 3.63) is 70.4 Å². The average Bonchev–Trinajstić information content (AvgIpc) is 3.25. The van der Waals surface area contributed by atoms with Crippen LogP contribution in [-0.2, 0) is 9.59 Å². The number of carbonyl (C=O) groups is 2. The first-order valence-electron chi connectivity index (χ1n) is 11.9. The van der Waals surface area contributed by atoms with Crippen molar-refractivity contribution < 1.29 is 19.4 Å². The molecule has 1 aliphatic heterocycles. The van der Waals surface area contributed by atoms with E-state index in [4.69, 9.17) is 4.74 Å². The lowest BCUT2D eigenvalue weighted by molar-refractivity contribution is -0.140. The summed E-state index contributed by atoms with van der Waals surface area (Å²) in [5.74, 6) is -0.729. The first-order chi connectivity index (χ1) is 16.6. The van der Waals surface area contributed by atoms with E-state index in [1.807, 2.05) is 71.0 Å². The van der Waals surface area contributed by atoms with Gasteiger partial charge in [-0.3, -0.25) is 9.59 Å². The number of likely N-dealkylation sites (N-methyl/N-ethyl adjacent to an activating group) is 1. The number of nitrogens with one attached hydrogen (secondary N) is 1. The zero-order chi connectivity index (χ0) is 25.4. The number of hydrogen-bond donors (Lipinski definition) is 2. The van der Waals surface area contributed by atoms with Crippen LogP contribution >= 0.6 is 0 Å². The number of amides is 1. The highest BCUT2D eigenvalue weighted by Gasteiger charge is 2.47. The standard InChI is InChI=1S/C28H33N3O4/c1-16(2)35-22-12-11-19(15-17(22)3)26(32)24-25(31(14-13-30(5)6)28(34)27(24)33)23-18(4)29-21-10-8-7-9-20(21)23/h7-12,15-16,25,29,32H,13-14H2,1-6H3/b26-24+. The highest BCUT2D eigenvalue weighted by molar-refractivity contribution is 6.46. The summed E-state index contributed by atoms with van der Waals surface area (Å²) in [6, 6.07) is 12.4. The van der Waals surface area contributed by atoms with E-state index in [0.29, 0.717) is 24.4 Å². The fourth-order valence-electron chi connectivity index (χ4n) is 4.71. The van der Waals surface area contributed by atoms with Crippen LogP contribution in [0, 0.1) is 13.8 Å². The van der Waals surface area contributed by atoms with Crippen molar-refractivity contribution >= 4 is 28.4 Å². The Balaban J connectivity index is 1.90. The predicted octanol–water partition coefficient (Wildman–Crippen LogP) is 4.56. The number of aromatic nitrogens is 1. The van der Waals surface area contributed by atoms with Crippen molar-refractivity contribution in [2.75, 3.05) is 27.2 Å². The molecule has 7 heteroatoms. The summed E-state index contributed by atoms with van der Waals surface area (Å²) >= 11 is 0. The van der Waals surface area contributed by atoms with E-state index in [9.17, 15) is 14.7 Å². The number of para-hydroxylation sites is 1. The summed E-state index contributed by atoms with van der Waals surface area (Å²) < 4.78 is 5.82. The first-order valence-corrected chi connectivity index (χ1v) is 11.9. The van der Waals surface area contributed by atoms with E-state index in [1.54, 1.807) is 23.1 Å². The smallest absolute Gasteiger partial charge is 0.295 e. The molecule has 3 aromatic rings. The lowest BCUT2D eigenvalue weighted by Gasteiger charge is -2.27. The van der Waals surface area contributed by atoms with Crippen molar-refractivity contribution in [1.29, 1.82) is 0 Å². The van der Waals surface area contributed by atoms with Crippen LogP contribution < -0.4 is 4.74 Å². The summed E-state index contributed by atoms with van der Waals surface area (Å²) in [5.41, 5.74) is 4.03. The van der Waals surface area contributed by atoms with Crippen LogP contribution in [-0.4, -0.2) is 64.9 Å². The van der Waals surface area contributed by atoms with Crippen LogP contribution in [0.2, 0.25) is 0 Å². The number of ether oxygens (including phenoxy) is 1. The Morgan fingerprint density at radius 2 is 1.86 bits per heavy atom. The van der Waals surface area contributed by atoms with Gasteiger partial charge in [-0.1, -0.05) is 18.2 Å². The second kappa shape index (κ2) is 9.58. The number of carbonyl (C=O) groups excluding carboxylic acids is 2. The van der Waals surface area contributed by atoms with Crippen LogP contribution in [0.25, 0.3) is 16.7 Å². The number of benzene rings is 2. The van der Waals surface area contributed by atoms with Crippen LogP contribution in [0.3, 0.4) is 0 Å². The number of aryl methyl sites for hydroxylation is 2. The number of H-pyrrole nitrogens is 1. The first kappa shape index (κ1) is 24.5. The van der Waals surface area contributed by atoms with E-state index in [-0.39, 0.29) is 17.4 Å². The SMILES string of the molecule is Cc1cc(/C(O)=C2\C(=O)C(=O)N(CCN(C)C)C2c2c(C)[nH]c3ccccc23)ccc1OC(C)C. The van der Waals surface area contributed by atoms with Crippen molar-refractivity contribution in [2.45, 2.75) is 39.8 Å². The number of likely N-dealkylation sites (tertiary alicyclic amines) is 1. The molecular weight excluding hydrogens is 442 g/mol. The van der Waals surface area contributed by atoms with Gasteiger partial charge in [-0.25, -0.2) is 0 Å². The average molecular weight is 476 g/mol. The normalized spacial score (nSPS) is 17.8. The van der Waals surface area contributed by atoms with Crippen LogP contribution in [0.4, 0.5) is 0 Å². The molecule has 1 amide bonds. The molecule has 1 aromatic heterocycles. The molecule has 184 valence electrons. The Labute approximate surface area is 206 Å². The minimum atomic E-state index is -0.696. The molecule has 2 heterocycles. The minimum Gasteiger partial charge on any atom is -0.507 e. The second-order valence-corrected chi connectivity index (χ2v) is 9.65. The molecule has 7 nitrogen and oxygen atoms in total. The van der Waals surface area contributed by atoms with Gasteiger partial charge < -0.3 is 24.6 Å². The van der Waals surface area contributed by atoms with Gasteiger partial charge in [-0.15, -0.1) is 0 Å². The monoisotopic (exact) mass is 475 g/mol. The molecule has 1 saturated heterocycles. The molecule has 0 spiro atoms. The van der Waals surface area contributed by atoms with E-state index in [0.717, 1.165) is 27.7 Å². The van der Waals surface area contributed by atoms with Crippen molar-refractivity contribution in [1.82, 2.24) is 14.8 Å². The van der Waals surface area contributed by atoms with Gasteiger partial charge in [-0.05, 0) is 71.6 Å². The third-order valence-corrected chi connectivity index (χ3v) is 6.36. The molecule has 0 saturated carbocycles. The summed E-state index contributed by atoms with van der Waals surface area (Å²) in [6.45, 7) is 8.68. The van der Waals surface area contributed by atoms with Crippen molar-refractivity contribution in [2.24, 2.45) is 0 Å². The van der Waals surface area contributed by atoms with E-state index in [2.05, 4.69) is 4.98 Å².